The van der Waals surface area contributed by atoms with Crippen LogP contribution in [0.1, 0.15) is 38.3 Å². The molecule has 1 unspecified atom stereocenters. The third kappa shape index (κ3) is 2.96. The molecule has 0 saturated carbocycles. The molecule has 18 heavy (non-hydrogen) atoms. The predicted molar refractivity (Wildman–Crippen MR) is 73.8 cm³/mol. The number of halogens is 1. The fraction of sp³-hybridized carbons (Fsp3) is 0.500. The Balaban J connectivity index is 2.12. The molecule has 1 saturated heterocycles. The lowest BCUT2D eigenvalue weighted by atomic mass is 10.1. The molecule has 1 aromatic rings. The van der Waals surface area contributed by atoms with Gasteiger partial charge in [-0.15, -0.1) is 0 Å². The first-order chi connectivity index (χ1) is 8.58. The van der Waals surface area contributed by atoms with E-state index in [9.17, 15) is 4.79 Å². The fourth-order valence-corrected chi connectivity index (χ4v) is 2.50. The maximum Gasteiger partial charge on any atom is 0.318 e. The lowest BCUT2D eigenvalue weighted by Crippen LogP contribution is -2.42. The zero-order valence-corrected chi connectivity index (χ0v) is 11.6. The second kappa shape index (κ2) is 5.61. The summed E-state index contributed by atoms with van der Waals surface area (Å²) in [4.78, 5) is 14.0. The van der Waals surface area contributed by atoms with Crippen molar-refractivity contribution in [1.29, 1.82) is 0 Å². The Hall–Kier alpha value is -1.22. The van der Waals surface area contributed by atoms with Crippen LogP contribution in [0.25, 0.3) is 0 Å². The van der Waals surface area contributed by atoms with E-state index in [-0.39, 0.29) is 18.1 Å². The smallest absolute Gasteiger partial charge is 0.318 e. The van der Waals surface area contributed by atoms with Gasteiger partial charge in [0, 0.05) is 17.6 Å². The second-order valence-corrected chi connectivity index (χ2v) is 5.44. The average Bonchev–Trinajstić information content (AvgIpc) is 2.78. The minimum atomic E-state index is 0.0300. The molecule has 2 amide bonds. The number of carbonyl (C=O) groups excluding carboxylic acids is 1. The number of carbonyl (C=O) groups is 1. The number of hydrogen-bond acceptors (Lipinski definition) is 1. The molecule has 1 aliphatic heterocycles. The summed E-state index contributed by atoms with van der Waals surface area (Å²) in [7, 11) is 0. The van der Waals surface area contributed by atoms with Crippen molar-refractivity contribution in [3.05, 3.63) is 34.9 Å². The van der Waals surface area contributed by atoms with Crippen LogP contribution in [0.5, 0.6) is 0 Å². The Labute approximate surface area is 113 Å². The highest BCUT2D eigenvalue weighted by molar-refractivity contribution is 6.30. The Morgan fingerprint density at radius 2 is 2.06 bits per heavy atom. The van der Waals surface area contributed by atoms with E-state index in [4.69, 9.17) is 11.6 Å². The van der Waals surface area contributed by atoms with Crippen molar-refractivity contribution < 1.29 is 4.79 Å². The summed E-state index contributed by atoms with van der Waals surface area (Å²) in [5.74, 6) is 0. The Bertz CT molecular complexity index is 416. The second-order valence-electron chi connectivity index (χ2n) is 5.01. The van der Waals surface area contributed by atoms with E-state index in [1.54, 1.807) is 0 Å². The summed E-state index contributed by atoms with van der Waals surface area (Å²) in [6, 6.07) is 8.16. The topological polar surface area (TPSA) is 32.3 Å². The van der Waals surface area contributed by atoms with Crippen molar-refractivity contribution in [3.8, 4) is 0 Å². The molecule has 1 aliphatic rings. The van der Waals surface area contributed by atoms with Gasteiger partial charge in [-0.1, -0.05) is 23.7 Å². The summed E-state index contributed by atoms with van der Waals surface area (Å²) in [5.41, 5.74) is 1.16. The van der Waals surface area contributed by atoms with Gasteiger partial charge in [-0.25, -0.2) is 4.79 Å². The van der Waals surface area contributed by atoms with Gasteiger partial charge in [0.15, 0.2) is 0 Å². The maximum atomic E-state index is 12.1. The number of nitrogens with one attached hydrogen (secondary N) is 1. The number of benzene rings is 1. The van der Waals surface area contributed by atoms with Crippen molar-refractivity contribution in [1.82, 2.24) is 10.2 Å². The molecule has 0 bridgehead atoms. The third-order valence-corrected chi connectivity index (χ3v) is 3.43. The van der Waals surface area contributed by atoms with Gasteiger partial charge in [0.25, 0.3) is 0 Å². The van der Waals surface area contributed by atoms with E-state index in [2.05, 4.69) is 5.32 Å². The van der Waals surface area contributed by atoms with E-state index in [0.29, 0.717) is 0 Å². The molecular formula is C14H19ClN2O. The van der Waals surface area contributed by atoms with Gasteiger partial charge in [-0.2, -0.15) is 0 Å². The van der Waals surface area contributed by atoms with Crippen LogP contribution in [0.3, 0.4) is 0 Å². The Kier molecular flexibility index (Phi) is 4.12. The molecule has 98 valence electrons. The number of urea groups is 1. The average molecular weight is 267 g/mol. The number of nitrogens with zero attached hydrogens (tertiary/aromatic N) is 1. The van der Waals surface area contributed by atoms with Crippen LogP contribution in [-0.4, -0.2) is 23.5 Å². The van der Waals surface area contributed by atoms with E-state index in [1.165, 1.54) is 0 Å². The molecule has 1 atom stereocenters. The SMILES string of the molecule is CC(C)NC(=O)N1CCCC1c1ccc(Cl)cc1. The van der Waals surface area contributed by atoms with Crippen LogP contribution in [0.4, 0.5) is 4.79 Å². The third-order valence-electron chi connectivity index (χ3n) is 3.18. The molecule has 1 fully saturated rings. The first-order valence-electron chi connectivity index (χ1n) is 6.40. The number of rotatable bonds is 2. The molecule has 1 N–H and O–H groups in total. The summed E-state index contributed by atoms with van der Waals surface area (Å²) in [6.45, 7) is 4.78. The summed E-state index contributed by atoms with van der Waals surface area (Å²) in [5, 5.41) is 3.69. The van der Waals surface area contributed by atoms with Crippen LogP contribution >= 0.6 is 11.6 Å². The molecule has 1 heterocycles. The summed E-state index contributed by atoms with van der Waals surface area (Å²) >= 11 is 5.89. The van der Waals surface area contributed by atoms with Crippen LogP contribution in [0, 0.1) is 0 Å². The lowest BCUT2D eigenvalue weighted by molar-refractivity contribution is 0.190. The monoisotopic (exact) mass is 266 g/mol. The standard InChI is InChI=1S/C14H19ClN2O/c1-10(2)16-14(18)17-9-3-4-13(17)11-5-7-12(15)8-6-11/h5-8,10,13H,3-4,9H2,1-2H3,(H,16,18). The first kappa shape index (κ1) is 13.2. The normalized spacial score (nSPS) is 19.3. The molecular weight excluding hydrogens is 248 g/mol. The molecule has 0 radical (unpaired) electrons. The van der Waals surface area contributed by atoms with E-state index in [0.717, 1.165) is 30.0 Å². The van der Waals surface area contributed by atoms with Crippen molar-refractivity contribution in [2.24, 2.45) is 0 Å². The zero-order chi connectivity index (χ0) is 13.1. The van der Waals surface area contributed by atoms with Gasteiger partial charge in [0.2, 0.25) is 0 Å². The minimum absolute atomic E-state index is 0.0300. The van der Waals surface area contributed by atoms with E-state index >= 15 is 0 Å². The molecule has 0 spiro atoms. The van der Waals surface area contributed by atoms with Gasteiger partial charge in [-0.3, -0.25) is 0 Å². The van der Waals surface area contributed by atoms with Gasteiger partial charge in [0.05, 0.1) is 6.04 Å². The number of hydrogen-bond donors (Lipinski definition) is 1. The Morgan fingerprint density at radius 1 is 1.39 bits per heavy atom. The van der Waals surface area contributed by atoms with Crippen molar-refractivity contribution in [2.75, 3.05) is 6.54 Å². The van der Waals surface area contributed by atoms with Crippen LogP contribution in [-0.2, 0) is 0 Å². The van der Waals surface area contributed by atoms with Gasteiger partial charge < -0.3 is 10.2 Å². The first-order valence-corrected chi connectivity index (χ1v) is 6.78. The molecule has 2 rings (SSSR count). The van der Waals surface area contributed by atoms with Crippen LogP contribution < -0.4 is 5.32 Å². The number of likely N-dealkylation sites (tertiary alicyclic amines) is 1. The molecule has 3 nitrogen and oxygen atoms in total. The van der Waals surface area contributed by atoms with Crippen molar-refractivity contribution >= 4 is 17.6 Å². The number of amides is 2. The highest BCUT2D eigenvalue weighted by atomic mass is 35.5. The molecule has 4 heteroatoms. The van der Waals surface area contributed by atoms with E-state index in [1.807, 2.05) is 43.0 Å². The minimum Gasteiger partial charge on any atom is -0.336 e. The highest BCUT2D eigenvalue weighted by Gasteiger charge is 2.29. The predicted octanol–water partition coefficient (Wildman–Crippen LogP) is 3.59. The molecule has 0 aromatic heterocycles. The quantitative estimate of drug-likeness (QED) is 0.872. The summed E-state index contributed by atoms with van der Waals surface area (Å²) in [6.07, 6.45) is 2.08. The van der Waals surface area contributed by atoms with Gasteiger partial charge in [0.1, 0.15) is 0 Å². The van der Waals surface area contributed by atoms with Crippen LogP contribution in [0.2, 0.25) is 5.02 Å². The van der Waals surface area contributed by atoms with Crippen molar-refractivity contribution in [2.45, 2.75) is 38.8 Å². The molecule has 1 aromatic carbocycles. The highest BCUT2D eigenvalue weighted by Crippen LogP contribution is 2.32. The largest absolute Gasteiger partial charge is 0.336 e. The maximum absolute atomic E-state index is 12.1. The summed E-state index contributed by atoms with van der Waals surface area (Å²) < 4.78 is 0. The van der Waals surface area contributed by atoms with Gasteiger partial charge >= 0.3 is 6.03 Å². The lowest BCUT2D eigenvalue weighted by Gasteiger charge is -2.26. The van der Waals surface area contributed by atoms with Crippen molar-refractivity contribution in [3.63, 3.8) is 0 Å². The van der Waals surface area contributed by atoms with Gasteiger partial charge in [-0.05, 0) is 44.4 Å². The molecule has 0 aliphatic carbocycles. The van der Waals surface area contributed by atoms with E-state index < -0.39 is 0 Å². The van der Waals surface area contributed by atoms with Crippen LogP contribution in [0.15, 0.2) is 24.3 Å². The Morgan fingerprint density at radius 3 is 2.67 bits per heavy atom. The fourth-order valence-electron chi connectivity index (χ4n) is 2.37. The zero-order valence-electron chi connectivity index (χ0n) is 10.8.